The molecule has 3 aliphatic rings. The van der Waals surface area contributed by atoms with Crippen molar-refractivity contribution in [2.24, 2.45) is 11.8 Å². The summed E-state index contributed by atoms with van der Waals surface area (Å²) in [5.41, 5.74) is 2.66. The van der Waals surface area contributed by atoms with E-state index in [0.29, 0.717) is 6.42 Å². The van der Waals surface area contributed by atoms with Crippen molar-refractivity contribution < 1.29 is 19.7 Å². The Kier molecular flexibility index (Phi) is 3.57. The fraction of sp³-hybridized carbons (Fsp3) is 0.550. The standard InChI is InChI=1S/C20H25N3O3/c1-6-11(4)23-17(24)14-12(5)22-20(15(14)18(23)25)13-8-9(2)7-10(3)16(13)21-19(20)26/h7-8,11-12,14-15,22H,6H2,1-5H3,(H,21,26)/p+1/t11-,12-,14+,15-,20+/m0/s1. The maximum atomic E-state index is 13.3. The number of likely N-dealkylation sites (tertiary alicyclic amines) is 1. The van der Waals surface area contributed by atoms with E-state index in [2.05, 4.69) is 5.32 Å². The molecule has 3 heterocycles. The lowest BCUT2D eigenvalue weighted by Gasteiger charge is -2.28. The summed E-state index contributed by atoms with van der Waals surface area (Å²) in [6.07, 6.45) is 0.711. The van der Waals surface area contributed by atoms with Gasteiger partial charge in [-0.3, -0.25) is 19.3 Å². The third-order valence-corrected chi connectivity index (χ3v) is 6.54. The maximum absolute atomic E-state index is 13.3. The highest BCUT2D eigenvalue weighted by atomic mass is 16.2. The van der Waals surface area contributed by atoms with Gasteiger partial charge in [0.15, 0.2) is 0 Å². The van der Waals surface area contributed by atoms with E-state index >= 15 is 0 Å². The molecule has 3 aliphatic heterocycles. The van der Waals surface area contributed by atoms with Crippen molar-refractivity contribution >= 4 is 23.4 Å². The Morgan fingerprint density at radius 1 is 1.23 bits per heavy atom. The van der Waals surface area contributed by atoms with E-state index in [-0.39, 0.29) is 29.8 Å². The first-order valence-corrected chi connectivity index (χ1v) is 9.40. The second kappa shape index (κ2) is 5.39. The van der Waals surface area contributed by atoms with Crippen LogP contribution in [0.15, 0.2) is 12.1 Å². The van der Waals surface area contributed by atoms with Gasteiger partial charge in [0.25, 0.3) is 5.91 Å². The lowest BCUT2D eigenvalue weighted by molar-refractivity contribution is -0.730. The molecule has 3 amide bonds. The number of nitrogens with one attached hydrogen (secondary N) is 1. The largest absolute Gasteiger partial charge is 0.326 e. The summed E-state index contributed by atoms with van der Waals surface area (Å²) < 4.78 is 0. The number of nitrogens with zero attached hydrogens (tertiary/aromatic N) is 1. The average Bonchev–Trinajstić information content (AvgIpc) is 3.13. The molecule has 4 rings (SSSR count). The Balaban J connectivity index is 1.91. The molecule has 1 aromatic rings. The maximum Gasteiger partial charge on any atom is 0.291 e. The fourth-order valence-corrected chi connectivity index (χ4v) is 5.23. The summed E-state index contributed by atoms with van der Waals surface area (Å²) in [5.74, 6) is -1.58. The highest BCUT2D eigenvalue weighted by Gasteiger charge is 2.73. The van der Waals surface area contributed by atoms with Gasteiger partial charge in [-0.25, -0.2) is 0 Å². The molecule has 1 aromatic carbocycles. The third kappa shape index (κ3) is 1.88. The molecule has 0 aromatic heterocycles. The SMILES string of the molecule is CC[C@H](C)N1C(=O)[C@@H]2[C@H](C)[NH2+][C@@]3(C(=O)Nc4c(C)cc(C)cc43)[C@@H]2C1=O. The second-order valence-corrected chi connectivity index (χ2v) is 8.16. The average molecular weight is 356 g/mol. The topological polar surface area (TPSA) is 83.1 Å². The highest BCUT2D eigenvalue weighted by molar-refractivity contribution is 6.14. The van der Waals surface area contributed by atoms with Crippen LogP contribution in [-0.4, -0.2) is 34.7 Å². The first-order valence-electron chi connectivity index (χ1n) is 9.40. The zero-order valence-corrected chi connectivity index (χ0v) is 15.9. The van der Waals surface area contributed by atoms with Crippen LogP contribution in [0.2, 0.25) is 0 Å². The summed E-state index contributed by atoms with van der Waals surface area (Å²) in [6.45, 7) is 9.77. The van der Waals surface area contributed by atoms with E-state index in [1.807, 2.05) is 52.1 Å². The molecular formula is C20H26N3O3+. The number of carbonyl (C=O) groups is 3. The monoisotopic (exact) mass is 356 g/mol. The molecule has 6 nitrogen and oxygen atoms in total. The van der Waals surface area contributed by atoms with Crippen molar-refractivity contribution in [2.75, 3.05) is 5.32 Å². The van der Waals surface area contributed by atoms with Gasteiger partial charge in [0.2, 0.25) is 17.4 Å². The van der Waals surface area contributed by atoms with E-state index in [9.17, 15) is 14.4 Å². The molecule has 0 unspecified atom stereocenters. The van der Waals surface area contributed by atoms with Gasteiger partial charge in [-0.15, -0.1) is 0 Å². The number of amides is 3. The predicted molar refractivity (Wildman–Crippen MR) is 96.2 cm³/mol. The molecule has 5 atom stereocenters. The molecule has 0 radical (unpaired) electrons. The van der Waals surface area contributed by atoms with Gasteiger partial charge in [0.1, 0.15) is 11.8 Å². The van der Waals surface area contributed by atoms with E-state index in [1.54, 1.807) is 0 Å². The Morgan fingerprint density at radius 3 is 2.58 bits per heavy atom. The third-order valence-electron chi connectivity index (χ3n) is 6.54. The van der Waals surface area contributed by atoms with Crippen LogP contribution in [0.3, 0.4) is 0 Å². The first-order chi connectivity index (χ1) is 12.2. The Bertz CT molecular complexity index is 849. The molecule has 3 N–H and O–H groups in total. The summed E-state index contributed by atoms with van der Waals surface area (Å²) in [5, 5.41) is 4.95. The minimum atomic E-state index is -1.04. The molecule has 2 fully saturated rings. The van der Waals surface area contributed by atoms with Crippen molar-refractivity contribution in [3.05, 3.63) is 28.8 Å². The van der Waals surface area contributed by atoms with Crippen molar-refractivity contribution in [1.29, 1.82) is 0 Å². The molecule has 0 saturated carbocycles. The second-order valence-electron chi connectivity index (χ2n) is 8.16. The van der Waals surface area contributed by atoms with Gasteiger partial charge in [-0.05, 0) is 45.7 Å². The molecule has 1 spiro atoms. The molecule has 26 heavy (non-hydrogen) atoms. The number of anilines is 1. The highest BCUT2D eigenvalue weighted by Crippen LogP contribution is 2.50. The normalized spacial score (nSPS) is 33.7. The number of carbonyl (C=O) groups excluding carboxylic acids is 3. The Labute approximate surface area is 153 Å². The van der Waals surface area contributed by atoms with Crippen molar-refractivity contribution in [2.45, 2.75) is 58.7 Å². The molecule has 6 heteroatoms. The summed E-state index contributed by atoms with van der Waals surface area (Å²) in [4.78, 5) is 41.0. The van der Waals surface area contributed by atoms with Crippen LogP contribution in [0.4, 0.5) is 5.69 Å². The smallest absolute Gasteiger partial charge is 0.291 e. The Hall–Kier alpha value is -2.21. The van der Waals surface area contributed by atoms with Gasteiger partial charge in [0, 0.05) is 11.6 Å². The minimum absolute atomic E-state index is 0.122. The number of fused-ring (bicyclic) bond motifs is 4. The number of rotatable bonds is 2. The number of aryl methyl sites for hydroxylation is 2. The number of imide groups is 1. The molecule has 0 aliphatic carbocycles. The lowest BCUT2D eigenvalue weighted by Crippen LogP contribution is -2.98. The zero-order valence-electron chi connectivity index (χ0n) is 15.9. The van der Waals surface area contributed by atoms with Crippen molar-refractivity contribution in [3.8, 4) is 0 Å². The van der Waals surface area contributed by atoms with Gasteiger partial charge in [0.05, 0.1) is 11.7 Å². The lowest BCUT2D eigenvalue weighted by atomic mass is 9.76. The van der Waals surface area contributed by atoms with Crippen LogP contribution in [0.5, 0.6) is 0 Å². The zero-order chi connectivity index (χ0) is 19.0. The summed E-state index contributed by atoms with van der Waals surface area (Å²) in [6, 6.07) is 3.76. The number of hydrogen-bond acceptors (Lipinski definition) is 3. The van der Waals surface area contributed by atoms with Crippen molar-refractivity contribution in [3.63, 3.8) is 0 Å². The Morgan fingerprint density at radius 2 is 1.92 bits per heavy atom. The first kappa shape index (κ1) is 17.2. The molecular weight excluding hydrogens is 330 g/mol. The number of hydrogen-bond donors (Lipinski definition) is 2. The van der Waals surface area contributed by atoms with Crippen LogP contribution in [-0.2, 0) is 19.9 Å². The van der Waals surface area contributed by atoms with Gasteiger partial charge in [-0.1, -0.05) is 18.6 Å². The van der Waals surface area contributed by atoms with Crippen LogP contribution in [0.1, 0.15) is 43.9 Å². The van der Waals surface area contributed by atoms with Crippen LogP contribution in [0, 0.1) is 25.7 Å². The number of nitrogens with two attached hydrogens (primary N) is 1. The summed E-state index contributed by atoms with van der Waals surface area (Å²) in [7, 11) is 0. The predicted octanol–water partition coefficient (Wildman–Crippen LogP) is 0.816. The number of quaternary nitrogens is 1. The van der Waals surface area contributed by atoms with E-state index in [1.165, 1.54) is 4.90 Å². The number of benzene rings is 1. The van der Waals surface area contributed by atoms with Crippen molar-refractivity contribution in [1.82, 2.24) is 4.90 Å². The fourth-order valence-electron chi connectivity index (χ4n) is 5.23. The minimum Gasteiger partial charge on any atom is -0.326 e. The van der Waals surface area contributed by atoms with Crippen LogP contribution >= 0.6 is 0 Å². The van der Waals surface area contributed by atoms with Crippen LogP contribution in [0.25, 0.3) is 0 Å². The van der Waals surface area contributed by atoms with Crippen LogP contribution < -0.4 is 10.6 Å². The molecule has 0 bridgehead atoms. The molecule has 2 saturated heterocycles. The van der Waals surface area contributed by atoms with E-state index in [4.69, 9.17) is 0 Å². The van der Waals surface area contributed by atoms with E-state index < -0.39 is 17.4 Å². The quantitative estimate of drug-likeness (QED) is 0.770. The van der Waals surface area contributed by atoms with Gasteiger partial charge < -0.3 is 10.6 Å². The van der Waals surface area contributed by atoms with Gasteiger partial charge in [-0.2, -0.15) is 0 Å². The summed E-state index contributed by atoms with van der Waals surface area (Å²) >= 11 is 0. The van der Waals surface area contributed by atoms with E-state index in [0.717, 1.165) is 22.4 Å². The van der Waals surface area contributed by atoms with Gasteiger partial charge >= 0.3 is 0 Å². The molecule has 138 valence electrons.